The second kappa shape index (κ2) is 4.57. The number of hydrogen-bond donors (Lipinski definition) is 1. The van der Waals surface area contributed by atoms with E-state index in [4.69, 9.17) is 5.73 Å². The number of benzodiazepines with no additional fused rings is 1. The van der Waals surface area contributed by atoms with Gasteiger partial charge in [0.15, 0.2) is 12.0 Å². The van der Waals surface area contributed by atoms with E-state index >= 15 is 0 Å². The van der Waals surface area contributed by atoms with E-state index in [2.05, 4.69) is 9.98 Å². The third-order valence-electron chi connectivity index (χ3n) is 3.41. The van der Waals surface area contributed by atoms with Crippen LogP contribution < -0.4 is 10.6 Å². The van der Waals surface area contributed by atoms with Crippen LogP contribution in [-0.4, -0.2) is 34.4 Å². The Balaban J connectivity index is 2.27. The molecule has 1 aliphatic heterocycles. The third kappa shape index (κ3) is 1.81. The number of likely N-dealkylation sites (N-methyl/N-ethyl adjacent to an activating group) is 1. The van der Waals surface area contributed by atoms with Crippen LogP contribution in [0.2, 0.25) is 0 Å². The third-order valence-corrected chi connectivity index (χ3v) is 3.41. The molecule has 6 heteroatoms. The Morgan fingerprint density at radius 1 is 1.25 bits per heavy atom. The smallest absolute Gasteiger partial charge is 0.266 e. The van der Waals surface area contributed by atoms with Crippen LogP contribution in [0.15, 0.2) is 41.7 Å². The highest BCUT2D eigenvalue weighted by Gasteiger charge is 2.28. The van der Waals surface area contributed by atoms with Crippen LogP contribution in [-0.2, 0) is 11.8 Å². The van der Waals surface area contributed by atoms with Gasteiger partial charge in [-0.3, -0.25) is 9.79 Å². The van der Waals surface area contributed by atoms with Gasteiger partial charge >= 0.3 is 0 Å². The first-order valence-electron chi connectivity index (χ1n) is 6.27. The van der Waals surface area contributed by atoms with Crippen molar-refractivity contribution in [3.63, 3.8) is 0 Å². The predicted octanol–water partition coefficient (Wildman–Crippen LogP) is 0.519. The first kappa shape index (κ1) is 12.6. The summed E-state index contributed by atoms with van der Waals surface area (Å²) in [5.41, 5.74) is 8.15. The molecule has 0 spiro atoms. The number of rotatable bonds is 1. The van der Waals surface area contributed by atoms with Crippen molar-refractivity contribution in [2.75, 3.05) is 11.9 Å². The highest BCUT2D eigenvalue weighted by atomic mass is 16.2. The monoisotopic (exact) mass is 269 g/mol. The Hall–Kier alpha value is -2.47. The number of nitrogens with two attached hydrogens (primary N) is 1. The maximum absolute atomic E-state index is 12.2. The van der Waals surface area contributed by atoms with E-state index < -0.39 is 6.17 Å². The van der Waals surface area contributed by atoms with E-state index in [0.717, 1.165) is 11.3 Å². The van der Waals surface area contributed by atoms with Crippen molar-refractivity contribution in [3.8, 4) is 0 Å². The van der Waals surface area contributed by atoms with Crippen LogP contribution in [0.4, 0.5) is 5.69 Å². The minimum atomic E-state index is -0.918. The molecule has 6 nitrogen and oxygen atoms in total. The van der Waals surface area contributed by atoms with Crippen molar-refractivity contribution < 1.29 is 4.79 Å². The lowest BCUT2D eigenvalue weighted by Gasteiger charge is -2.18. The molecule has 2 N–H and O–H groups in total. The van der Waals surface area contributed by atoms with Crippen molar-refractivity contribution in [3.05, 3.63) is 48.0 Å². The van der Waals surface area contributed by atoms with Gasteiger partial charge < -0.3 is 15.2 Å². The lowest BCUT2D eigenvalue weighted by molar-refractivity contribution is -0.119. The van der Waals surface area contributed by atoms with Gasteiger partial charge in [-0.2, -0.15) is 0 Å². The van der Waals surface area contributed by atoms with E-state index in [9.17, 15) is 4.79 Å². The molecule has 3 rings (SSSR count). The van der Waals surface area contributed by atoms with E-state index in [1.165, 1.54) is 0 Å². The average molecular weight is 269 g/mol. The lowest BCUT2D eigenvalue weighted by Crippen LogP contribution is -2.39. The number of aromatic nitrogens is 2. The van der Waals surface area contributed by atoms with E-state index in [-0.39, 0.29) is 5.91 Å². The molecule has 1 aliphatic rings. The van der Waals surface area contributed by atoms with Gasteiger partial charge in [-0.05, 0) is 6.07 Å². The number of benzene rings is 1. The van der Waals surface area contributed by atoms with Gasteiger partial charge in [0.1, 0.15) is 5.71 Å². The van der Waals surface area contributed by atoms with Gasteiger partial charge in [0.2, 0.25) is 0 Å². The van der Waals surface area contributed by atoms with Crippen LogP contribution in [0, 0.1) is 0 Å². The lowest BCUT2D eigenvalue weighted by atomic mass is 10.1. The number of hydrogen-bond acceptors (Lipinski definition) is 4. The number of anilines is 1. The maximum atomic E-state index is 12.2. The number of para-hydroxylation sites is 1. The van der Waals surface area contributed by atoms with Gasteiger partial charge in [0, 0.05) is 32.1 Å². The number of carbonyl (C=O) groups is 1. The summed E-state index contributed by atoms with van der Waals surface area (Å²) in [5, 5.41) is 0. The molecule has 1 aromatic carbocycles. The van der Waals surface area contributed by atoms with E-state index in [1.807, 2.05) is 42.1 Å². The highest BCUT2D eigenvalue weighted by molar-refractivity contribution is 6.18. The van der Waals surface area contributed by atoms with E-state index in [0.29, 0.717) is 11.5 Å². The molecule has 0 saturated heterocycles. The molecule has 1 atom stereocenters. The molecule has 0 radical (unpaired) electrons. The van der Waals surface area contributed by atoms with Gasteiger partial charge in [-0.1, -0.05) is 18.2 Å². The quantitative estimate of drug-likeness (QED) is 0.820. The second-order valence-corrected chi connectivity index (χ2v) is 4.70. The molecule has 2 heterocycles. The first-order chi connectivity index (χ1) is 9.59. The molecule has 1 amide bonds. The molecular weight excluding hydrogens is 254 g/mol. The molecule has 0 saturated carbocycles. The number of imidazole rings is 1. The minimum absolute atomic E-state index is 0.235. The standard InChI is InChI=1S/C14H15N5O/c1-18-8-7-16-13(18)11-9-5-3-4-6-10(9)19(2)14(20)12(15)17-11/h3-8,12H,15H2,1-2H3. The molecule has 0 fully saturated rings. The zero-order chi connectivity index (χ0) is 14.3. The van der Waals surface area contributed by atoms with Crippen LogP contribution in [0.5, 0.6) is 0 Å². The van der Waals surface area contributed by atoms with Crippen LogP contribution in [0.3, 0.4) is 0 Å². The molecule has 2 aromatic rings. The minimum Gasteiger partial charge on any atom is -0.333 e. The molecule has 102 valence electrons. The summed E-state index contributed by atoms with van der Waals surface area (Å²) in [6.07, 6.45) is 2.62. The number of nitrogens with zero attached hydrogens (tertiary/aromatic N) is 4. The normalized spacial score (nSPS) is 18.6. The van der Waals surface area contributed by atoms with Crippen molar-refractivity contribution >= 4 is 17.3 Å². The fourth-order valence-electron chi connectivity index (χ4n) is 2.32. The summed E-state index contributed by atoms with van der Waals surface area (Å²) in [6.45, 7) is 0. The van der Waals surface area contributed by atoms with Crippen LogP contribution in [0.1, 0.15) is 11.4 Å². The van der Waals surface area contributed by atoms with Crippen LogP contribution in [0.25, 0.3) is 0 Å². The SMILES string of the molecule is CN1C(=O)C(N)N=C(c2nccn2C)c2ccccc21. The van der Waals surface area contributed by atoms with Crippen molar-refractivity contribution in [2.45, 2.75) is 6.17 Å². The zero-order valence-corrected chi connectivity index (χ0v) is 11.3. The van der Waals surface area contributed by atoms with Gasteiger partial charge in [-0.15, -0.1) is 0 Å². The number of aliphatic imine (C=N–C) groups is 1. The Kier molecular flexibility index (Phi) is 2.87. The number of fused-ring (bicyclic) bond motifs is 1. The highest BCUT2D eigenvalue weighted by Crippen LogP contribution is 2.25. The summed E-state index contributed by atoms with van der Waals surface area (Å²) >= 11 is 0. The topological polar surface area (TPSA) is 76.5 Å². The molecule has 1 unspecified atom stereocenters. The Labute approximate surface area is 116 Å². The summed E-state index contributed by atoms with van der Waals surface area (Å²) < 4.78 is 1.86. The fraction of sp³-hybridized carbons (Fsp3) is 0.214. The number of carbonyl (C=O) groups excluding carboxylic acids is 1. The van der Waals surface area contributed by atoms with E-state index in [1.54, 1.807) is 18.1 Å². The molecule has 0 bridgehead atoms. The summed E-state index contributed by atoms with van der Waals surface area (Å²) in [5.74, 6) is 0.456. The second-order valence-electron chi connectivity index (χ2n) is 4.70. The summed E-state index contributed by atoms with van der Waals surface area (Å²) in [7, 11) is 3.59. The molecule has 20 heavy (non-hydrogen) atoms. The van der Waals surface area contributed by atoms with Gasteiger partial charge in [0.05, 0.1) is 5.69 Å². The van der Waals surface area contributed by atoms with Gasteiger partial charge in [0.25, 0.3) is 5.91 Å². The maximum Gasteiger partial charge on any atom is 0.266 e. The van der Waals surface area contributed by atoms with Gasteiger partial charge in [-0.25, -0.2) is 4.98 Å². The summed E-state index contributed by atoms with van der Waals surface area (Å²) in [6, 6.07) is 7.59. The molecule has 0 aliphatic carbocycles. The van der Waals surface area contributed by atoms with Crippen molar-refractivity contribution in [2.24, 2.45) is 17.8 Å². The molecular formula is C14H15N5O. The predicted molar refractivity (Wildman–Crippen MR) is 76.7 cm³/mol. The van der Waals surface area contributed by atoms with Crippen LogP contribution >= 0.6 is 0 Å². The average Bonchev–Trinajstić information content (AvgIpc) is 2.85. The largest absolute Gasteiger partial charge is 0.333 e. The zero-order valence-electron chi connectivity index (χ0n) is 11.3. The Morgan fingerprint density at radius 3 is 2.70 bits per heavy atom. The van der Waals surface area contributed by atoms with Crippen molar-refractivity contribution in [1.29, 1.82) is 0 Å². The number of amides is 1. The fourth-order valence-corrected chi connectivity index (χ4v) is 2.32. The Morgan fingerprint density at radius 2 is 2.00 bits per heavy atom. The Bertz CT molecular complexity index is 703. The first-order valence-corrected chi connectivity index (χ1v) is 6.27. The number of aryl methyl sites for hydroxylation is 1. The summed E-state index contributed by atoms with van der Waals surface area (Å²) in [4.78, 5) is 22.4. The van der Waals surface area contributed by atoms with Crippen molar-refractivity contribution in [1.82, 2.24) is 9.55 Å². The molecule has 1 aromatic heterocycles.